The smallest absolute Gasteiger partial charge is 0.343 e. The summed E-state index contributed by atoms with van der Waals surface area (Å²) in [5, 5.41) is 0. The minimum absolute atomic E-state index is 0.293. The Labute approximate surface area is 138 Å². The van der Waals surface area contributed by atoms with E-state index in [2.05, 4.69) is 19.1 Å². The Kier molecular flexibility index (Phi) is 5.12. The topological polar surface area (TPSA) is 26.3 Å². The van der Waals surface area contributed by atoms with Crippen LogP contribution in [-0.2, 0) is 6.42 Å². The van der Waals surface area contributed by atoms with Gasteiger partial charge in [0.2, 0.25) is 0 Å². The fourth-order valence-electron chi connectivity index (χ4n) is 3.29. The molecule has 0 N–H and O–H groups in total. The molecule has 1 aliphatic carbocycles. The third kappa shape index (κ3) is 4.01. The Morgan fingerprint density at radius 1 is 0.957 bits per heavy atom. The van der Waals surface area contributed by atoms with Crippen LogP contribution in [0, 0.1) is 0 Å². The zero-order valence-corrected chi connectivity index (χ0v) is 13.8. The first-order valence-electron chi connectivity index (χ1n) is 8.67. The Balaban J connectivity index is 1.63. The van der Waals surface area contributed by atoms with Gasteiger partial charge in [-0.05, 0) is 60.6 Å². The van der Waals surface area contributed by atoms with Crippen molar-refractivity contribution < 1.29 is 9.53 Å². The minimum atomic E-state index is -0.293. The molecule has 120 valence electrons. The summed E-state index contributed by atoms with van der Waals surface area (Å²) in [6.07, 6.45) is 7.55. The molecule has 0 spiro atoms. The van der Waals surface area contributed by atoms with Crippen LogP contribution >= 0.6 is 0 Å². The fourth-order valence-corrected chi connectivity index (χ4v) is 3.29. The van der Waals surface area contributed by atoms with Crippen molar-refractivity contribution in [2.45, 2.75) is 51.4 Å². The van der Waals surface area contributed by atoms with Gasteiger partial charge in [-0.2, -0.15) is 0 Å². The molecule has 23 heavy (non-hydrogen) atoms. The van der Waals surface area contributed by atoms with Gasteiger partial charge in [-0.3, -0.25) is 0 Å². The number of esters is 1. The maximum Gasteiger partial charge on any atom is 0.343 e. The molecule has 1 aliphatic rings. The summed E-state index contributed by atoms with van der Waals surface area (Å²) in [6, 6.07) is 15.7. The quantitative estimate of drug-likeness (QED) is 0.549. The second-order valence-electron chi connectivity index (χ2n) is 6.34. The number of carbonyl (C=O) groups excluding carboxylic acids is 1. The Hall–Kier alpha value is -2.09. The van der Waals surface area contributed by atoms with E-state index in [0.717, 1.165) is 6.42 Å². The number of aryl methyl sites for hydroxylation is 1. The van der Waals surface area contributed by atoms with Crippen molar-refractivity contribution in [2.75, 3.05) is 0 Å². The lowest BCUT2D eigenvalue weighted by molar-refractivity contribution is 0.0734. The van der Waals surface area contributed by atoms with Gasteiger partial charge in [-0.1, -0.05) is 50.5 Å². The third-order valence-electron chi connectivity index (χ3n) is 4.77. The SMILES string of the molecule is CCc1ccc(C(=O)Oc2ccc(C3CCCCC3)cc2)cc1. The molecular formula is C21H24O2. The first kappa shape index (κ1) is 15.8. The van der Waals surface area contributed by atoms with E-state index < -0.39 is 0 Å². The Bertz CT molecular complexity index is 635. The van der Waals surface area contributed by atoms with Gasteiger partial charge >= 0.3 is 5.97 Å². The van der Waals surface area contributed by atoms with E-state index in [1.807, 2.05) is 36.4 Å². The first-order valence-corrected chi connectivity index (χ1v) is 8.67. The lowest BCUT2D eigenvalue weighted by Gasteiger charge is -2.22. The van der Waals surface area contributed by atoms with Crippen molar-refractivity contribution in [3.05, 3.63) is 65.2 Å². The number of rotatable bonds is 4. The molecule has 1 fully saturated rings. The zero-order valence-electron chi connectivity index (χ0n) is 13.8. The van der Waals surface area contributed by atoms with Crippen molar-refractivity contribution in [2.24, 2.45) is 0 Å². The molecular weight excluding hydrogens is 284 g/mol. The molecule has 1 saturated carbocycles. The number of benzene rings is 2. The third-order valence-corrected chi connectivity index (χ3v) is 4.77. The van der Waals surface area contributed by atoms with E-state index in [1.54, 1.807) is 0 Å². The van der Waals surface area contributed by atoms with Crippen molar-refractivity contribution in [3.8, 4) is 5.75 Å². The molecule has 2 aromatic rings. The van der Waals surface area contributed by atoms with Crippen molar-refractivity contribution in [1.82, 2.24) is 0 Å². The maximum absolute atomic E-state index is 12.2. The van der Waals surface area contributed by atoms with Crippen LogP contribution in [0.25, 0.3) is 0 Å². The zero-order chi connectivity index (χ0) is 16.1. The minimum Gasteiger partial charge on any atom is -0.423 e. The normalized spacial score (nSPS) is 15.3. The van der Waals surface area contributed by atoms with Gasteiger partial charge in [0.15, 0.2) is 0 Å². The van der Waals surface area contributed by atoms with Gasteiger partial charge in [-0.25, -0.2) is 4.79 Å². The van der Waals surface area contributed by atoms with E-state index in [9.17, 15) is 4.79 Å². The number of carbonyl (C=O) groups is 1. The van der Waals surface area contributed by atoms with Crippen LogP contribution in [0.1, 0.15) is 66.4 Å². The monoisotopic (exact) mass is 308 g/mol. The van der Waals surface area contributed by atoms with Crippen LogP contribution in [-0.4, -0.2) is 5.97 Å². The van der Waals surface area contributed by atoms with E-state index in [0.29, 0.717) is 17.2 Å². The molecule has 0 bridgehead atoms. The molecule has 0 unspecified atom stereocenters. The van der Waals surface area contributed by atoms with Crippen molar-refractivity contribution in [1.29, 1.82) is 0 Å². The summed E-state index contributed by atoms with van der Waals surface area (Å²) in [5.74, 6) is 1.00. The Morgan fingerprint density at radius 3 is 2.22 bits per heavy atom. The summed E-state index contributed by atoms with van der Waals surface area (Å²) < 4.78 is 5.48. The number of ether oxygens (including phenoxy) is 1. The molecule has 2 heteroatoms. The van der Waals surface area contributed by atoms with Crippen LogP contribution < -0.4 is 4.74 Å². The van der Waals surface area contributed by atoms with Gasteiger partial charge in [0, 0.05) is 0 Å². The standard InChI is InChI=1S/C21H24O2/c1-2-16-8-10-19(11-9-16)21(22)23-20-14-12-18(13-15-20)17-6-4-3-5-7-17/h8-15,17H,2-7H2,1H3. The molecule has 0 saturated heterocycles. The van der Waals surface area contributed by atoms with Gasteiger partial charge < -0.3 is 4.74 Å². The molecule has 3 rings (SSSR count). The summed E-state index contributed by atoms with van der Waals surface area (Å²) in [6.45, 7) is 2.10. The van der Waals surface area contributed by atoms with Gasteiger partial charge in [0.1, 0.15) is 5.75 Å². The van der Waals surface area contributed by atoms with Crippen molar-refractivity contribution >= 4 is 5.97 Å². The van der Waals surface area contributed by atoms with Crippen LogP contribution in [0.2, 0.25) is 0 Å². The average molecular weight is 308 g/mol. The van der Waals surface area contributed by atoms with Gasteiger partial charge in [-0.15, -0.1) is 0 Å². The molecule has 0 heterocycles. The lowest BCUT2D eigenvalue weighted by atomic mass is 9.84. The predicted octanol–water partition coefficient (Wildman–Crippen LogP) is 5.52. The Morgan fingerprint density at radius 2 is 1.61 bits per heavy atom. The molecule has 2 aromatic carbocycles. The first-order chi connectivity index (χ1) is 11.3. The van der Waals surface area contributed by atoms with E-state index >= 15 is 0 Å². The maximum atomic E-state index is 12.2. The molecule has 0 radical (unpaired) electrons. The molecule has 2 nitrogen and oxygen atoms in total. The summed E-state index contributed by atoms with van der Waals surface area (Å²) >= 11 is 0. The van der Waals surface area contributed by atoms with Gasteiger partial charge in [0.05, 0.1) is 5.56 Å². The average Bonchev–Trinajstić information content (AvgIpc) is 2.63. The van der Waals surface area contributed by atoms with Crippen molar-refractivity contribution in [3.63, 3.8) is 0 Å². The lowest BCUT2D eigenvalue weighted by Crippen LogP contribution is -2.09. The van der Waals surface area contributed by atoms with Crippen LogP contribution in [0.5, 0.6) is 5.75 Å². The highest BCUT2D eigenvalue weighted by Gasteiger charge is 2.15. The van der Waals surface area contributed by atoms with Gasteiger partial charge in [0.25, 0.3) is 0 Å². The van der Waals surface area contributed by atoms with Crippen LogP contribution in [0.4, 0.5) is 0 Å². The van der Waals surface area contributed by atoms with Crippen LogP contribution in [0.15, 0.2) is 48.5 Å². The predicted molar refractivity (Wildman–Crippen MR) is 93.0 cm³/mol. The summed E-state index contributed by atoms with van der Waals surface area (Å²) in [4.78, 5) is 12.2. The highest BCUT2D eigenvalue weighted by Crippen LogP contribution is 2.33. The van der Waals surface area contributed by atoms with Crippen LogP contribution in [0.3, 0.4) is 0 Å². The highest BCUT2D eigenvalue weighted by atomic mass is 16.5. The fraction of sp³-hybridized carbons (Fsp3) is 0.381. The second-order valence-corrected chi connectivity index (χ2v) is 6.34. The number of hydrogen-bond donors (Lipinski definition) is 0. The number of hydrogen-bond acceptors (Lipinski definition) is 2. The summed E-state index contributed by atoms with van der Waals surface area (Å²) in [5.41, 5.74) is 3.19. The molecule has 0 aliphatic heterocycles. The second kappa shape index (κ2) is 7.45. The summed E-state index contributed by atoms with van der Waals surface area (Å²) in [7, 11) is 0. The van der Waals surface area contributed by atoms with E-state index in [4.69, 9.17) is 4.74 Å². The van der Waals surface area contributed by atoms with E-state index in [-0.39, 0.29) is 5.97 Å². The van der Waals surface area contributed by atoms with E-state index in [1.165, 1.54) is 43.2 Å². The molecule has 0 atom stereocenters. The highest BCUT2D eigenvalue weighted by molar-refractivity contribution is 5.91. The largest absolute Gasteiger partial charge is 0.423 e. The molecule has 0 amide bonds. The molecule has 0 aromatic heterocycles.